The van der Waals surface area contributed by atoms with Crippen LogP contribution in [0.15, 0.2) is 47.7 Å². The molecule has 0 radical (unpaired) electrons. The number of benzene rings is 1. The molecule has 0 aliphatic carbocycles. The van der Waals surface area contributed by atoms with E-state index in [-0.39, 0.29) is 12.5 Å². The van der Waals surface area contributed by atoms with Gasteiger partial charge in [-0.15, -0.1) is 0 Å². The van der Waals surface area contributed by atoms with Crippen LogP contribution in [0.4, 0.5) is 0 Å². The molecule has 1 aromatic carbocycles. The highest BCUT2D eigenvalue weighted by Gasteiger charge is 2.09. The highest BCUT2D eigenvalue weighted by atomic mass is 16.2. The van der Waals surface area contributed by atoms with Gasteiger partial charge in [-0.05, 0) is 31.2 Å². The summed E-state index contributed by atoms with van der Waals surface area (Å²) in [5, 5.41) is 3.99. The fourth-order valence-corrected chi connectivity index (χ4v) is 2.35. The highest BCUT2D eigenvalue weighted by molar-refractivity contribution is 5.83. The van der Waals surface area contributed by atoms with Crippen molar-refractivity contribution >= 4 is 23.2 Å². The average molecular weight is 295 g/mol. The van der Waals surface area contributed by atoms with Gasteiger partial charge in [0.1, 0.15) is 12.4 Å². The zero-order valence-corrected chi connectivity index (χ0v) is 12.5. The number of imidazole rings is 1. The van der Waals surface area contributed by atoms with E-state index in [0.29, 0.717) is 0 Å². The first-order valence-electron chi connectivity index (χ1n) is 7.00. The van der Waals surface area contributed by atoms with Crippen LogP contribution < -0.4 is 5.43 Å². The minimum atomic E-state index is -0.184. The second kappa shape index (κ2) is 5.85. The molecule has 0 spiro atoms. The molecule has 6 heteroatoms. The molecular formula is C16H17N5O. The molecule has 0 saturated heterocycles. The molecule has 0 atom stereocenters. The smallest absolute Gasteiger partial charge is 0.260 e. The maximum absolute atomic E-state index is 12.0. The summed E-state index contributed by atoms with van der Waals surface area (Å²) in [5.41, 5.74) is 5.30. The fourth-order valence-electron chi connectivity index (χ4n) is 2.35. The molecule has 3 rings (SSSR count). The number of para-hydroxylation sites is 2. The van der Waals surface area contributed by atoms with Crippen molar-refractivity contribution in [2.24, 2.45) is 12.1 Å². The lowest BCUT2D eigenvalue weighted by Crippen LogP contribution is -2.23. The molecule has 3 aromatic rings. The number of hydrogen-bond donors (Lipinski definition) is 1. The van der Waals surface area contributed by atoms with Gasteiger partial charge in [-0.2, -0.15) is 5.10 Å². The van der Waals surface area contributed by atoms with Crippen LogP contribution in [0.25, 0.3) is 11.0 Å². The van der Waals surface area contributed by atoms with Crippen molar-refractivity contribution in [1.82, 2.24) is 19.5 Å². The number of amides is 1. The number of aromatic nitrogens is 3. The molecule has 2 heterocycles. The van der Waals surface area contributed by atoms with Crippen LogP contribution >= 0.6 is 0 Å². The monoisotopic (exact) mass is 295 g/mol. The molecule has 112 valence electrons. The Bertz CT molecular complexity index is 843. The lowest BCUT2D eigenvalue weighted by Gasteiger charge is -2.05. The van der Waals surface area contributed by atoms with Crippen LogP contribution in [0.2, 0.25) is 0 Å². The Morgan fingerprint density at radius 1 is 1.32 bits per heavy atom. The number of carbonyl (C=O) groups excluding carboxylic acids is 1. The zero-order valence-electron chi connectivity index (χ0n) is 12.5. The van der Waals surface area contributed by atoms with Crippen LogP contribution in [0.1, 0.15) is 11.5 Å². The minimum absolute atomic E-state index is 0.184. The first kappa shape index (κ1) is 14.1. The second-order valence-electron chi connectivity index (χ2n) is 5.07. The molecule has 1 amide bonds. The van der Waals surface area contributed by atoms with E-state index in [4.69, 9.17) is 0 Å². The number of rotatable bonds is 4. The minimum Gasteiger partial charge on any atom is -0.350 e. The van der Waals surface area contributed by atoms with Crippen molar-refractivity contribution in [2.75, 3.05) is 0 Å². The molecule has 22 heavy (non-hydrogen) atoms. The summed E-state index contributed by atoms with van der Waals surface area (Å²) in [6.45, 7) is 2.08. The second-order valence-corrected chi connectivity index (χ2v) is 5.07. The van der Waals surface area contributed by atoms with Gasteiger partial charge in [0.25, 0.3) is 5.91 Å². The Labute approximate surface area is 128 Å². The van der Waals surface area contributed by atoms with Gasteiger partial charge in [0, 0.05) is 13.2 Å². The molecule has 0 aliphatic heterocycles. The van der Waals surface area contributed by atoms with Gasteiger partial charge in [0.05, 0.1) is 22.9 Å². The first-order valence-corrected chi connectivity index (χ1v) is 7.00. The zero-order chi connectivity index (χ0) is 15.5. The Morgan fingerprint density at radius 2 is 2.14 bits per heavy atom. The van der Waals surface area contributed by atoms with E-state index >= 15 is 0 Å². The van der Waals surface area contributed by atoms with Gasteiger partial charge in [-0.3, -0.25) is 4.79 Å². The van der Waals surface area contributed by atoms with Crippen LogP contribution in [0, 0.1) is 6.92 Å². The summed E-state index contributed by atoms with van der Waals surface area (Å²) in [5.74, 6) is 0.625. The molecule has 2 aromatic heterocycles. The number of nitrogens with one attached hydrogen (secondary N) is 1. The summed E-state index contributed by atoms with van der Waals surface area (Å²) in [7, 11) is 1.92. The maximum Gasteiger partial charge on any atom is 0.260 e. The lowest BCUT2D eigenvalue weighted by atomic mass is 10.3. The van der Waals surface area contributed by atoms with E-state index in [2.05, 4.69) is 15.5 Å². The summed E-state index contributed by atoms with van der Waals surface area (Å²) < 4.78 is 3.80. The van der Waals surface area contributed by atoms with Gasteiger partial charge in [0.2, 0.25) is 0 Å². The van der Waals surface area contributed by atoms with E-state index in [0.717, 1.165) is 22.6 Å². The molecule has 0 saturated carbocycles. The Kier molecular flexibility index (Phi) is 3.74. The number of fused-ring (bicyclic) bond motifs is 1. The standard InChI is InChI=1S/C16H17N5O/c1-12-18-14-7-3-4-8-15(14)21(12)11-16(22)19-17-10-13-6-5-9-20(13)2/h3-10H,11H2,1-2H3,(H,19,22)/b17-10+. The van der Waals surface area contributed by atoms with Crippen molar-refractivity contribution in [3.05, 3.63) is 54.1 Å². The summed E-state index contributed by atoms with van der Waals surface area (Å²) >= 11 is 0. The number of hydrogen-bond acceptors (Lipinski definition) is 3. The molecule has 0 fully saturated rings. The Morgan fingerprint density at radius 3 is 2.91 bits per heavy atom. The Balaban J connectivity index is 1.70. The van der Waals surface area contributed by atoms with Crippen LogP contribution in [-0.4, -0.2) is 26.2 Å². The quantitative estimate of drug-likeness (QED) is 0.589. The predicted octanol–water partition coefficient (Wildman–Crippen LogP) is 1.83. The van der Waals surface area contributed by atoms with E-state index in [9.17, 15) is 4.79 Å². The van der Waals surface area contributed by atoms with Crippen LogP contribution in [0.3, 0.4) is 0 Å². The highest BCUT2D eigenvalue weighted by Crippen LogP contribution is 2.14. The van der Waals surface area contributed by atoms with Gasteiger partial charge < -0.3 is 9.13 Å². The number of nitrogens with zero attached hydrogens (tertiary/aromatic N) is 4. The van der Waals surface area contributed by atoms with Crippen molar-refractivity contribution in [3.63, 3.8) is 0 Å². The average Bonchev–Trinajstić information content (AvgIpc) is 3.04. The topological polar surface area (TPSA) is 64.2 Å². The SMILES string of the molecule is Cc1nc2ccccc2n1CC(=O)N/N=C/c1cccn1C. The molecule has 0 aliphatic rings. The van der Waals surface area contributed by atoms with Crippen molar-refractivity contribution in [3.8, 4) is 0 Å². The molecule has 1 N–H and O–H groups in total. The Hall–Kier alpha value is -2.89. The van der Waals surface area contributed by atoms with Gasteiger partial charge >= 0.3 is 0 Å². The first-order chi connectivity index (χ1) is 10.6. The summed E-state index contributed by atoms with van der Waals surface area (Å²) in [6, 6.07) is 11.6. The van der Waals surface area contributed by atoms with Gasteiger partial charge in [0.15, 0.2) is 0 Å². The third kappa shape index (κ3) is 2.76. The van der Waals surface area contributed by atoms with Crippen LogP contribution in [0.5, 0.6) is 0 Å². The number of hydrazone groups is 1. The molecule has 0 unspecified atom stereocenters. The predicted molar refractivity (Wildman–Crippen MR) is 85.6 cm³/mol. The van der Waals surface area contributed by atoms with E-state index < -0.39 is 0 Å². The van der Waals surface area contributed by atoms with E-state index in [1.54, 1.807) is 6.21 Å². The normalized spacial score (nSPS) is 11.4. The van der Waals surface area contributed by atoms with Crippen molar-refractivity contribution < 1.29 is 4.79 Å². The van der Waals surface area contributed by atoms with Gasteiger partial charge in [-0.25, -0.2) is 10.4 Å². The third-order valence-electron chi connectivity index (χ3n) is 3.52. The fraction of sp³-hybridized carbons (Fsp3) is 0.188. The maximum atomic E-state index is 12.0. The third-order valence-corrected chi connectivity index (χ3v) is 3.52. The molecular weight excluding hydrogens is 278 g/mol. The largest absolute Gasteiger partial charge is 0.350 e. The molecule has 0 bridgehead atoms. The van der Waals surface area contributed by atoms with Crippen LogP contribution in [-0.2, 0) is 18.4 Å². The number of aryl methyl sites for hydroxylation is 2. The summed E-state index contributed by atoms with van der Waals surface area (Å²) in [4.78, 5) is 16.5. The van der Waals surface area contributed by atoms with Crippen molar-refractivity contribution in [2.45, 2.75) is 13.5 Å². The number of carbonyl (C=O) groups is 1. The van der Waals surface area contributed by atoms with E-state index in [1.165, 1.54) is 0 Å². The van der Waals surface area contributed by atoms with Gasteiger partial charge in [-0.1, -0.05) is 12.1 Å². The van der Waals surface area contributed by atoms with Crippen molar-refractivity contribution in [1.29, 1.82) is 0 Å². The van der Waals surface area contributed by atoms with E-state index in [1.807, 2.05) is 65.7 Å². The molecule has 6 nitrogen and oxygen atoms in total. The summed E-state index contributed by atoms with van der Waals surface area (Å²) in [6.07, 6.45) is 3.54. The lowest BCUT2D eigenvalue weighted by molar-refractivity contribution is -0.121.